The highest BCUT2D eigenvalue weighted by atomic mass is 16.6. The summed E-state index contributed by atoms with van der Waals surface area (Å²) in [7, 11) is 0. The van der Waals surface area contributed by atoms with Crippen LogP contribution in [0.2, 0.25) is 0 Å². The molecule has 7 nitrogen and oxygen atoms in total. The number of esters is 1. The Morgan fingerprint density at radius 1 is 1.42 bits per heavy atom. The third-order valence-electron chi connectivity index (χ3n) is 2.02. The maximum Gasteiger partial charge on any atom is 0.328 e. The number of hydrogen-bond acceptors (Lipinski definition) is 5. The number of rotatable bonds is 5. The number of ether oxygens (including phenoxy) is 1. The molecule has 1 aromatic heterocycles. The Bertz CT molecular complexity index is 448. The van der Waals surface area contributed by atoms with E-state index in [1.54, 1.807) is 20.8 Å². The van der Waals surface area contributed by atoms with Crippen LogP contribution in [0.5, 0.6) is 0 Å². The van der Waals surface area contributed by atoms with Crippen molar-refractivity contribution in [3.05, 3.63) is 11.9 Å². The highest BCUT2D eigenvalue weighted by Crippen LogP contribution is 2.07. The molecule has 1 rings (SSSR count). The summed E-state index contributed by atoms with van der Waals surface area (Å²) in [5, 5.41) is 10.1. The van der Waals surface area contributed by atoms with Crippen LogP contribution in [0.1, 0.15) is 44.6 Å². The molecule has 1 N–H and O–H groups in total. The van der Waals surface area contributed by atoms with Crippen LogP contribution >= 0.6 is 0 Å². The molecule has 0 aliphatic heterocycles. The van der Waals surface area contributed by atoms with Gasteiger partial charge in [0, 0.05) is 6.54 Å². The fraction of sp³-hybridized carbons (Fsp3) is 0.667. The van der Waals surface area contributed by atoms with Gasteiger partial charge in [0.25, 0.3) is 5.91 Å². The first kappa shape index (κ1) is 15.1. The molecule has 1 amide bonds. The predicted molar refractivity (Wildman–Crippen MR) is 68.5 cm³/mol. The van der Waals surface area contributed by atoms with Crippen LogP contribution in [-0.2, 0) is 16.1 Å². The minimum absolute atomic E-state index is 0.0642. The highest BCUT2D eigenvalue weighted by Gasteiger charge is 2.18. The van der Waals surface area contributed by atoms with Crippen molar-refractivity contribution in [3.8, 4) is 0 Å². The number of aromatic nitrogens is 3. The zero-order valence-electron chi connectivity index (χ0n) is 11.8. The molecule has 0 aliphatic carbocycles. The molecular formula is C12H20N4O3. The molecule has 0 saturated heterocycles. The first-order valence-corrected chi connectivity index (χ1v) is 6.22. The largest absolute Gasteiger partial charge is 0.459 e. The van der Waals surface area contributed by atoms with Gasteiger partial charge in [-0.3, -0.25) is 9.59 Å². The summed E-state index contributed by atoms with van der Waals surface area (Å²) in [6.45, 7) is 7.84. The summed E-state index contributed by atoms with van der Waals surface area (Å²) in [5.74, 6) is -0.713. The molecule has 19 heavy (non-hydrogen) atoms. The molecule has 0 aromatic carbocycles. The average Bonchev–Trinajstić information content (AvgIpc) is 2.71. The van der Waals surface area contributed by atoms with Crippen molar-refractivity contribution in [2.45, 2.75) is 46.3 Å². The lowest BCUT2D eigenvalue weighted by Gasteiger charge is -2.19. The van der Waals surface area contributed by atoms with Gasteiger partial charge in [0.1, 0.15) is 12.1 Å². The van der Waals surface area contributed by atoms with Crippen molar-refractivity contribution in [1.82, 2.24) is 20.3 Å². The van der Waals surface area contributed by atoms with Crippen molar-refractivity contribution in [1.29, 1.82) is 0 Å². The van der Waals surface area contributed by atoms with Crippen LogP contribution in [0.3, 0.4) is 0 Å². The SMILES string of the molecule is CCCNC(=O)c1cn(CC(=O)OC(C)(C)C)nn1. The number of nitrogens with zero attached hydrogens (tertiary/aromatic N) is 3. The molecule has 1 aromatic rings. The Balaban J connectivity index is 2.55. The summed E-state index contributed by atoms with van der Waals surface area (Å²) in [6.07, 6.45) is 2.27. The predicted octanol–water partition coefficient (Wildman–Crippen LogP) is 0.760. The summed E-state index contributed by atoms with van der Waals surface area (Å²) < 4.78 is 6.43. The van der Waals surface area contributed by atoms with Crippen LogP contribution in [0.15, 0.2) is 6.20 Å². The molecule has 0 unspecified atom stereocenters. The minimum Gasteiger partial charge on any atom is -0.459 e. The van der Waals surface area contributed by atoms with Crippen LogP contribution in [-0.4, -0.2) is 39.0 Å². The fourth-order valence-corrected chi connectivity index (χ4v) is 1.31. The minimum atomic E-state index is -0.543. The molecule has 0 fully saturated rings. The normalized spacial score (nSPS) is 11.2. The van der Waals surface area contributed by atoms with Gasteiger partial charge < -0.3 is 10.1 Å². The molecule has 0 radical (unpaired) electrons. The number of carbonyl (C=O) groups is 2. The van der Waals surface area contributed by atoms with Gasteiger partial charge in [0.2, 0.25) is 0 Å². The van der Waals surface area contributed by atoms with Gasteiger partial charge in [-0.25, -0.2) is 4.68 Å². The quantitative estimate of drug-likeness (QED) is 0.797. The Morgan fingerprint density at radius 3 is 2.68 bits per heavy atom. The smallest absolute Gasteiger partial charge is 0.328 e. The molecule has 0 saturated carbocycles. The second-order valence-corrected chi connectivity index (χ2v) is 5.14. The second-order valence-electron chi connectivity index (χ2n) is 5.14. The van der Waals surface area contributed by atoms with E-state index in [9.17, 15) is 9.59 Å². The highest BCUT2D eigenvalue weighted by molar-refractivity contribution is 5.91. The Kier molecular flexibility index (Phi) is 5.02. The molecule has 0 atom stereocenters. The first-order chi connectivity index (χ1) is 8.81. The van der Waals surface area contributed by atoms with Gasteiger partial charge in [0.15, 0.2) is 5.69 Å². The monoisotopic (exact) mass is 268 g/mol. The molecular weight excluding hydrogens is 248 g/mol. The second kappa shape index (κ2) is 6.31. The van der Waals surface area contributed by atoms with Gasteiger partial charge in [-0.1, -0.05) is 12.1 Å². The topological polar surface area (TPSA) is 86.1 Å². The molecule has 0 spiro atoms. The fourth-order valence-electron chi connectivity index (χ4n) is 1.31. The number of carbonyl (C=O) groups excluding carboxylic acids is 2. The van der Waals surface area contributed by atoms with E-state index in [-0.39, 0.29) is 18.1 Å². The van der Waals surface area contributed by atoms with Crippen LogP contribution in [0, 0.1) is 0 Å². The summed E-state index contributed by atoms with van der Waals surface area (Å²) in [4.78, 5) is 23.2. The number of hydrogen-bond donors (Lipinski definition) is 1. The van der Waals surface area contributed by atoms with Crippen molar-refractivity contribution in [3.63, 3.8) is 0 Å². The van der Waals surface area contributed by atoms with E-state index in [1.807, 2.05) is 6.92 Å². The van der Waals surface area contributed by atoms with Gasteiger partial charge in [0.05, 0.1) is 6.20 Å². The van der Waals surface area contributed by atoms with E-state index < -0.39 is 11.6 Å². The van der Waals surface area contributed by atoms with Crippen molar-refractivity contribution in [2.24, 2.45) is 0 Å². The molecule has 7 heteroatoms. The standard InChI is InChI=1S/C12H20N4O3/c1-5-6-13-11(18)9-7-16(15-14-9)8-10(17)19-12(2,3)4/h7H,5-6,8H2,1-4H3,(H,13,18). The molecule has 0 bridgehead atoms. The number of amides is 1. The van der Waals surface area contributed by atoms with E-state index in [0.29, 0.717) is 6.54 Å². The molecule has 0 aliphatic rings. The third kappa shape index (κ3) is 5.50. The lowest BCUT2D eigenvalue weighted by molar-refractivity contribution is -0.155. The lowest BCUT2D eigenvalue weighted by atomic mass is 10.2. The van der Waals surface area contributed by atoms with E-state index in [0.717, 1.165) is 6.42 Å². The zero-order valence-corrected chi connectivity index (χ0v) is 11.8. The van der Waals surface area contributed by atoms with Gasteiger partial charge >= 0.3 is 5.97 Å². The van der Waals surface area contributed by atoms with Gasteiger partial charge in [-0.2, -0.15) is 0 Å². The Labute approximate surface area is 112 Å². The van der Waals surface area contributed by atoms with E-state index in [4.69, 9.17) is 4.74 Å². The first-order valence-electron chi connectivity index (χ1n) is 6.22. The van der Waals surface area contributed by atoms with Crippen molar-refractivity contribution >= 4 is 11.9 Å². The van der Waals surface area contributed by atoms with Crippen LogP contribution < -0.4 is 5.32 Å². The summed E-state index contributed by atoms with van der Waals surface area (Å²) in [6, 6.07) is 0. The summed E-state index contributed by atoms with van der Waals surface area (Å²) >= 11 is 0. The van der Waals surface area contributed by atoms with E-state index in [1.165, 1.54) is 10.9 Å². The maximum absolute atomic E-state index is 11.6. The van der Waals surface area contributed by atoms with Crippen LogP contribution in [0.25, 0.3) is 0 Å². The van der Waals surface area contributed by atoms with Crippen molar-refractivity contribution in [2.75, 3.05) is 6.54 Å². The Hall–Kier alpha value is -1.92. The summed E-state index contributed by atoms with van der Waals surface area (Å²) in [5.41, 5.74) is -0.351. The zero-order chi connectivity index (χ0) is 14.5. The van der Waals surface area contributed by atoms with E-state index >= 15 is 0 Å². The average molecular weight is 268 g/mol. The van der Waals surface area contributed by atoms with E-state index in [2.05, 4.69) is 15.6 Å². The maximum atomic E-state index is 11.6. The van der Waals surface area contributed by atoms with Crippen molar-refractivity contribution < 1.29 is 14.3 Å². The third-order valence-corrected chi connectivity index (χ3v) is 2.02. The Morgan fingerprint density at radius 2 is 2.11 bits per heavy atom. The van der Waals surface area contributed by atoms with Gasteiger partial charge in [-0.15, -0.1) is 5.10 Å². The van der Waals surface area contributed by atoms with Gasteiger partial charge in [-0.05, 0) is 27.2 Å². The van der Waals surface area contributed by atoms with Crippen LogP contribution in [0.4, 0.5) is 0 Å². The number of nitrogens with one attached hydrogen (secondary N) is 1. The molecule has 106 valence electrons. The molecule has 1 heterocycles. The lowest BCUT2D eigenvalue weighted by Crippen LogP contribution is -2.26.